The second-order valence-corrected chi connectivity index (χ2v) is 6.02. The van der Waals surface area contributed by atoms with E-state index in [0.29, 0.717) is 10.2 Å². The second kappa shape index (κ2) is 7.05. The number of aryl methyl sites for hydroxylation is 1. The molecule has 0 radical (unpaired) electrons. The van der Waals surface area contributed by atoms with Crippen molar-refractivity contribution in [3.63, 3.8) is 0 Å². The Bertz CT molecular complexity index is 630. The highest BCUT2D eigenvalue weighted by atomic mass is 79.9. The molecule has 0 aliphatic rings. The van der Waals surface area contributed by atoms with Crippen LogP contribution in [0.2, 0.25) is 0 Å². The molecule has 4 heteroatoms. The largest absolute Gasteiger partial charge is 0.457 e. The van der Waals surface area contributed by atoms with Crippen LogP contribution in [0, 0.1) is 12.7 Å². The van der Waals surface area contributed by atoms with E-state index in [1.54, 1.807) is 12.1 Å². The first-order valence-electron chi connectivity index (χ1n) is 6.97. The van der Waals surface area contributed by atoms with Crippen molar-refractivity contribution in [3.8, 4) is 11.5 Å². The molecule has 112 valence electrons. The Hall–Kier alpha value is -1.39. The minimum Gasteiger partial charge on any atom is -0.457 e. The van der Waals surface area contributed by atoms with Crippen molar-refractivity contribution in [3.05, 3.63) is 57.8 Å². The van der Waals surface area contributed by atoms with Crippen molar-refractivity contribution >= 4 is 15.9 Å². The van der Waals surface area contributed by atoms with E-state index >= 15 is 0 Å². The Morgan fingerprint density at radius 2 is 2.00 bits per heavy atom. The highest BCUT2D eigenvalue weighted by molar-refractivity contribution is 9.10. The molecule has 0 fully saturated rings. The van der Waals surface area contributed by atoms with Gasteiger partial charge in [-0.1, -0.05) is 24.6 Å². The van der Waals surface area contributed by atoms with Crippen molar-refractivity contribution in [2.24, 2.45) is 5.73 Å². The summed E-state index contributed by atoms with van der Waals surface area (Å²) < 4.78 is 19.8. The Morgan fingerprint density at radius 3 is 2.67 bits per heavy atom. The van der Waals surface area contributed by atoms with Gasteiger partial charge in [0.05, 0.1) is 4.47 Å². The van der Waals surface area contributed by atoms with Crippen LogP contribution in [-0.4, -0.2) is 6.04 Å². The second-order valence-electron chi connectivity index (χ2n) is 5.16. The summed E-state index contributed by atoms with van der Waals surface area (Å²) in [6, 6.07) is 10.8. The van der Waals surface area contributed by atoms with Crippen LogP contribution in [-0.2, 0) is 6.42 Å². The van der Waals surface area contributed by atoms with Crippen LogP contribution in [0.3, 0.4) is 0 Å². The molecule has 0 aromatic heterocycles. The summed E-state index contributed by atoms with van der Waals surface area (Å²) in [7, 11) is 0. The van der Waals surface area contributed by atoms with E-state index < -0.39 is 0 Å². The van der Waals surface area contributed by atoms with E-state index in [1.165, 1.54) is 6.07 Å². The summed E-state index contributed by atoms with van der Waals surface area (Å²) in [4.78, 5) is 0. The van der Waals surface area contributed by atoms with Crippen LogP contribution in [0.5, 0.6) is 11.5 Å². The first-order chi connectivity index (χ1) is 9.99. The lowest BCUT2D eigenvalue weighted by atomic mass is 10.0. The molecule has 0 saturated carbocycles. The van der Waals surface area contributed by atoms with Gasteiger partial charge >= 0.3 is 0 Å². The molecule has 1 atom stereocenters. The van der Waals surface area contributed by atoms with Crippen LogP contribution in [0.4, 0.5) is 4.39 Å². The molecule has 21 heavy (non-hydrogen) atoms. The predicted octanol–water partition coefficient (Wildman–Crippen LogP) is 4.97. The Morgan fingerprint density at radius 1 is 1.24 bits per heavy atom. The van der Waals surface area contributed by atoms with E-state index in [9.17, 15) is 4.39 Å². The fraction of sp³-hybridized carbons (Fsp3) is 0.294. The van der Waals surface area contributed by atoms with Crippen LogP contribution < -0.4 is 10.5 Å². The van der Waals surface area contributed by atoms with Crippen LogP contribution >= 0.6 is 15.9 Å². The van der Waals surface area contributed by atoms with Gasteiger partial charge in [-0.05, 0) is 59.5 Å². The zero-order valence-electron chi connectivity index (χ0n) is 12.2. The smallest absolute Gasteiger partial charge is 0.141 e. The van der Waals surface area contributed by atoms with Crippen molar-refractivity contribution in [1.82, 2.24) is 0 Å². The number of benzene rings is 2. The SMILES string of the molecule is CCC(N)Cc1cc(C)ccc1Oc1ccc(Br)c(F)c1. The van der Waals surface area contributed by atoms with Gasteiger partial charge in [-0.15, -0.1) is 0 Å². The van der Waals surface area contributed by atoms with Crippen molar-refractivity contribution in [1.29, 1.82) is 0 Å². The van der Waals surface area contributed by atoms with Crippen LogP contribution in [0.1, 0.15) is 24.5 Å². The maximum absolute atomic E-state index is 13.6. The zero-order chi connectivity index (χ0) is 15.4. The van der Waals surface area contributed by atoms with Gasteiger partial charge < -0.3 is 10.5 Å². The summed E-state index contributed by atoms with van der Waals surface area (Å²) in [5, 5.41) is 0. The van der Waals surface area contributed by atoms with E-state index in [0.717, 1.165) is 29.7 Å². The van der Waals surface area contributed by atoms with Gasteiger partial charge in [0.2, 0.25) is 0 Å². The van der Waals surface area contributed by atoms with E-state index in [-0.39, 0.29) is 11.9 Å². The molecular weight excluding hydrogens is 333 g/mol. The molecule has 2 aromatic carbocycles. The third-order valence-corrected chi connectivity index (χ3v) is 3.98. The number of nitrogens with two attached hydrogens (primary N) is 1. The number of halogens is 2. The third kappa shape index (κ3) is 4.29. The fourth-order valence-corrected chi connectivity index (χ4v) is 2.31. The standard InChI is InChI=1S/C17H19BrFNO/c1-3-13(20)9-12-8-11(2)4-7-17(12)21-14-5-6-15(18)16(19)10-14/h4-8,10,13H,3,9,20H2,1-2H3. The average Bonchev–Trinajstić information content (AvgIpc) is 2.45. The molecule has 2 rings (SSSR count). The molecule has 1 unspecified atom stereocenters. The fourth-order valence-electron chi connectivity index (χ4n) is 2.06. The normalized spacial score (nSPS) is 12.2. The van der Waals surface area contributed by atoms with Gasteiger partial charge in [0, 0.05) is 12.1 Å². The number of hydrogen-bond donors (Lipinski definition) is 1. The zero-order valence-corrected chi connectivity index (χ0v) is 13.8. The van der Waals surface area contributed by atoms with E-state index in [4.69, 9.17) is 10.5 Å². The molecule has 0 amide bonds. The van der Waals surface area contributed by atoms with Crippen LogP contribution in [0.15, 0.2) is 40.9 Å². The molecule has 0 saturated heterocycles. The van der Waals surface area contributed by atoms with Gasteiger partial charge in [-0.3, -0.25) is 0 Å². The Labute approximate surface area is 133 Å². The molecular formula is C17H19BrFNO. The van der Waals surface area contributed by atoms with Gasteiger partial charge in [-0.25, -0.2) is 4.39 Å². The summed E-state index contributed by atoms with van der Waals surface area (Å²) >= 11 is 3.13. The van der Waals surface area contributed by atoms with Crippen molar-refractivity contribution < 1.29 is 9.13 Å². The molecule has 2 aromatic rings. The number of ether oxygens (including phenoxy) is 1. The highest BCUT2D eigenvalue weighted by Gasteiger charge is 2.10. The van der Waals surface area contributed by atoms with Gasteiger partial charge in [0.1, 0.15) is 17.3 Å². The lowest BCUT2D eigenvalue weighted by Crippen LogP contribution is -2.21. The summed E-state index contributed by atoms with van der Waals surface area (Å²) in [5.41, 5.74) is 8.24. The molecule has 0 aliphatic carbocycles. The first-order valence-corrected chi connectivity index (χ1v) is 7.77. The third-order valence-electron chi connectivity index (χ3n) is 3.34. The maximum atomic E-state index is 13.6. The number of hydrogen-bond acceptors (Lipinski definition) is 2. The molecule has 0 bridgehead atoms. The minimum atomic E-state index is -0.341. The quantitative estimate of drug-likeness (QED) is 0.825. The maximum Gasteiger partial charge on any atom is 0.141 e. The molecule has 2 nitrogen and oxygen atoms in total. The highest BCUT2D eigenvalue weighted by Crippen LogP contribution is 2.29. The summed E-state index contributed by atoms with van der Waals surface area (Å²) in [6.45, 7) is 4.09. The summed E-state index contributed by atoms with van der Waals surface area (Å²) in [5.74, 6) is 0.864. The van der Waals surface area contributed by atoms with E-state index in [1.807, 2.05) is 19.1 Å². The van der Waals surface area contributed by atoms with Gasteiger partial charge in [0.15, 0.2) is 0 Å². The predicted molar refractivity (Wildman–Crippen MR) is 87.3 cm³/mol. The first kappa shape index (κ1) is 16.0. The Kier molecular flexibility index (Phi) is 5.37. The molecule has 0 spiro atoms. The lowest BCUT2D eigenvalue weighted by molar-refractivity contribution is 0.466. The molecule has 0 heterocycles. The van der Waals surface area contributed by atoms with Gasteiger partial charge in [-0.2, -0.15) is 0 Å². The molecule has 2 N–H and O–H groups in total. The van der Waals surface area contributed by atoms with Gasteiger partial charge in [0.25, 0.3) is 0 Å². The lowest BCUT2D eigenvalue weighted by Gasteiger charge is -2.15. The molecule has 0 aliphatic heterocycles. The average molecular weight is 352 g/mol. The minimum absolute atomic E-state index is 0.0933. The number of rotatable bonds is 5. The van der Waals surface area contributed by atoms with Crippen LogP contribution in [0.25, 0.3) is 0 Å². The van der Waals surface area contributed by atoms with Crippen molar-refractivity contribution in [2.75, 3.05) is 0 Å². The topological polar surface area (TPSA) is 35.2 Å². The summed E-state index contributed by atoms with van der Waals surface area (Å²) in [6.07, 6.45) is 1.65. The monoisotopic (exact) mass is 351 g/mol. The van der Waals surface area contributed by atoms with E-state index in [2.05, 4.69) is 28.9 Å². The Balaban J connectivity index is 2.28. The van der Waals surface area contributed by atoms with Crippen molar-refractivity contribution in [2.45, 2.75) is 32.7 Å².